The zero-order valence-electron chi connectivity index (χ0n) is 14.7. The number of likely N-dealkylation sites (tertiary alicyclic amines) is 1. The first-order valence-corrected chi connectivity index (χ1v) is 8.27. The van der Waals surface area contributed by atoms with E-state index in [1.54, 1.807) is 6.07 Å². The number of carbonyl (C=O) groups excluding carboxylic acids is 2. The van der Waals surface area contributed by atoms with Crippen molar-refractivity contribution in [3.63, 3.8) is 0 Å². The summed E-state index contributed by atoms with van der Waals surface area (Å²) >= 11 is 0. The Balaban J connectivity index is 1.84. The number of phenolic OH excluding ortho intramolecular Hbond substituents is 1. The zero-order valence-corrected chi connectivity index (χ0v) is 14.7. The van der Waals surface area contributed by atoms with Crippen molar-refractivity contribution in [3.05, 3.63) is 29.8 Å². The van der Waals surface area contributed by atoms with Crippen molar-refractivity contribution in [2.45, 2.75) is 19.0 Å². The van der Waals surface area contributed by atoms with E-state index in [9.17, 15) is 27.9 Å². The number of nitrogens with zero attached hydrogens (tertiary/aromatic N) is 1. The third-order valence-electron chi connectivity index (χ3n) is 4.19. The molecule has 1 aliphatic rings. The first-order chi connectivity index (χ1) is 12.7. The highest BCUT2D eigenvalue weighted by molar-refractivity contribution is 5.89. The molecule has 1 heterocycles. The van der Waals surface area contributed by atoms with Gasteiger partial charge in [-0.25, -0.2) is 4.79 Å². The van der Waals surface area contributed by atoms with Crippen molar-refractivity contribution >= 4 is 18.0 Å². The van der Waals surface area contributed by atoms with Gasteiger partial charge in [-0.3, -0.25) is 4.79 Å². The summed E-state index contributed by atoms with van der Waals surface area (Å²) in [7, 11) is 1.40. The molecule has 0 saturated carbocycles. The van der Waals surface area contributed by atoms with Crippen LogP contribution < -0.4 is 4.74 Å². The molecule has 1 saturated heterocycles. The van der Waals surface area contributed by atoms with Crippen molar-refractivity contribution in [3.8, 4) is 11.5 Å². The predicted octanol–water partition coefficient (Wildman–Crippen LogP) is 2.76. The van der Waals surface area contributed by atoms with Crippen LogP contribution in [0, 0.1) is 5.92 Å². The van der Waals surface area contributed by atoms with Gasteiger partial charge in [-0.1, -0.05) is 6.07 Å². The monoisotopic (exact) mass is 387 g/mol. The molecule has 9 heteroatoms. The van der Waals surface area contributed by atoms with Gasteiger partial charge in [0.25, 0.3) is 5.91 Å². The molecule has 148 valence electrons. The van der Waals surface area contributed by atoms with Crippen LogP contribution in [0.3, 0.4) is 0 Å². The van der Waals surface area contributed by atoms with E-state index in [1.807, 2.05) is 0 Å². The zero-order chi connectivity index (χ0) is 20.0. The van der Waals surface area contributed by atoms with Crippen LogP contribution in [-0.4, -0.2) is 54.9 Å². The van der Waals surface area contributed by atoms with Crippen molar-refractivity contribution in [2.24, 2.45) is 5.92 Å². The first-order valence-electron chi connectivity index (χ1n) is 8.27. The van der Waals surface area contributed by atoms with Crippen LogP contribution in [0.25, 0.3) is 6.08 Å². The molecule has 27 heavy (non-hydrogen) atoms. The number of piperidine rings is 1. The first kappa shape index (κ1) is 20.6. The number of alkyl halides is 3. The van der Waals surface area contributed by atoms with Gasteiger partial charge in [0, 0.05) is 19.2 Å². The van der Waals surface area contributed by atoms with E-state index in [4.69, 9.17) is 9.47 Å². The summed E-state index contributed by atoms with van der Waals surface area (Å²) in [5.41, 5.74) is 0.501. The number of benzene rings is 1. The van der Waals surface area contributed by atoms with Gasteiger partial charge >= 0.3 is 12.1 Å². The summed E-state index contributed by atoms with van der Waals surface area (Å²) in [6.07, 6.45) is -1.67. The van der Waals surface area contributed by atoms with Gasteiger partial charge in [-0.05, 0) is 36.6 Å². The second-order valence-electron chi connectivity index (χ2n) is 6.09. The molecule has 0 bridgehead atoms. The number of methoxy groups -OCH3 is 1. The number of esters is 1. The molecule has 2 rings (SSSR count). The fraction of sp³-hybridized carbons (Fsp3) is 0.444. The Labute approximate surface area is 154 Å². The summed E-state index contributed by atoms with van der Waals surface area (Å²) < 4.78 is 48.0. The van der Waals surface area contributed by atoms with Crippen LogP contribution in [0.1, 0.15) is 18.4 Å². The highest BCUT2D eigenvalue weighted by Crippen LogP contribution is 2.33. The standard InChI is InChI=1S/C18H20F3NO5/c1-26-15-6-4-12(9-14(15)23)5-7-17(25)27-11-16(24)22-8-2-3-13(10-22)18(19,20)21/h4-7,9,13,23H,2-3,8,10-11H2,1H3/b7-5+. The molecule has 0 radical (unpaired) electrons. The molecule has 0 aliphatic carbocycles. The number of ether oxygens (including phenoxy) is 2. The van der Waals surface area contributed by atoms with Crippen molar-refractivity contribution in [1.82, 2.24) is 4.90 Å². The third kappa shape index (κ3) is 5.90. The third-order valence-corrected chi connectivity index (χ3v) is 4.19. The van der Waals surface area contributed by atoms with E-state index in [-0.39, 0.29) is 30.9 Å². The Morgan fingerprint density at radius 2 is 2.11 bits per heavy atom. The highest BCUT2D eigenvalue weighted by atomic mass is 19.4. The van der Waals surface area contributed by atoms with E-state index < -0.39 is 37.1 Å². The number of halogens is 3. The Hall–Kier alpha value is -2.71. The summed E-state index contributed by atoms with van der Waals surface area (Å²) in [6, 6.07) is 4.48. The molecule has 1 aromatic carbocycles. The molecule has 1 N–H and O–H groups in total. The lowest BCUT2D eigenvalue weighted by atomic mass is 9.97. The van der Waals surface area contributed by atoms with Gasteiger partial charge < -0.3 is 19.5 Å². The lowest BCUT2D eigenvalue weighted by molar-refractivity contribution is -0.189. The van der Waals surface area contributed by atoms with Crippen LogP contribution in [0.15, 0.2) is 24.3 Å². The van der Waals surface area contributed by atoms with Crippen LogP contribution in [-0.2, 0) is 14.3 Å². The minimum atomic E-state index is -4.34. The average molecular weight is 387 g/mol. The van der Waals surface area contributed by atoms with Crippen molar-refractivity contribution in [2.75, 3.05) is 26.8 Å². The van der Waals surface area contributed by atoms with Crippen molar-refractivity contribution < 1.29 is 37.3 Å². The largest absolute Gasteiger partial charge is 0.504 e. The number of rotatable bonds is 5. The highest BCUT2D eigenvalue weighted by Gasteiger charge is 2.42. The lowest BCUT2D eigenvalue weighted by Crippen LogP contribution is -2.46. The van der Waals surface area contributed by atoms with Crippen LogP contribution in [0.5, 0.6) is 11.5 Å². The molecule has 0 aromatic heterocycles. The Kier molecular flexibility index (Phi) is 6.70. The second kappa shape index (κ2) is 8.79. The topological polar surface area (TPSA) is 76.1 Å². The quantitative estimate of drug-likeness (QED) is 0.621. The fourth-order valence-electron chi connectivity index (χ4n) is 2.72. The van der Waals surface area contributed by atoms with Crippen LogP contribution >= 0.6 is 0 Å². The molecule has 6 nitrogen and oxygen atoms in total. The fourth-order valence-corrected chi connectivity index (χ4v) is 2.72. The molecule has 1 unspecified atom stereocenters. The molecule has 1 aliphatic heterocycles. The maximum Gasteiger partial charge on any atom is 0.393 e. The van der Waals surface area contributed by atoms with Gasteiger partial charge in [0.2, 0.25) is 0 Å². The molecule has 1 aromatic rings. The van der Waals surface area contributed by atoms with Gasteiger partial charge in [0.15, 0.2) is 18.1 Å². The molecule has 0 spiro atoms. The van der Waals surface area contributed by atoms with Crippen molar-refractivity contribution in [1.29, 1.82) is 0 Å². The van der Waals surface area contributed by atoms with Gasteiger partial charge in [0.1, 0.15) is 0 Å². The summed E-state index contributed by atoms with van der Waals surface area (Å²) in [5, 5.41) is 9.65. The molecule has 1 fully saturated rings. The van der Waals surface area contributed by atoms with E-state index >= 15 is 0 Å². The maximum absolute atomic E-state index is 12.8. The second-order valence-corrected chi connectivity index (χ2v) is 6.09. The van der Waals surface area contributed by atoms with Crippen LogP contribution in [0.2, 0.25) is 0 Å². The van der Waals surface area contributed by atoms with E-state index in [0.717, 1.165) is 11.0 Å². The molecule has 1 atom stereocenters. The van der Waals surface area contributed by atoms with Gasteiger partial charge in [-0.2, -0.15) is 13.2 Å². The number of hydrogen-bond donors (Lipinski definition) is 1. The van der Waals surface area contributed by atoms with E-state index in [1.165, 1.54) is 25.3 Å². The number of amides is 1. The van der Waals surface area contributed by atoms with Crippen LogP contribution in [0.4, 0.5) is 13.2 Å². The van der Waals surface area contributed by atoms with Gasteiger partial charge in [0.05, 0.1) is 13.0 Å². The Morgan fingerprint density at radius 1 is 1.37 bits per heavy atom. The minimum Gasteiger partial charge on any atom is -0.504 e. The lowest BCUT2D eigenvalue weighted by Gasteiger charge is -2.33. The van der Waals surface area contributed by atoms with E-state index in [0.29, 0.717) is 5.56 Å². The number of hydrogen-bond acceptors (Lipinski definition) is 5. The predicted molar refractivity (Wildman–Crippen MR) is 90.0 cm³/mol. The SMILES string of the molecule is COc1ccc(/C=C/C(=O)OCC(=O)N2CCCC(C(F)(F)F)C2)cc1O. The summed E-state index contributed by atoms with van der Waals surface area (Å²) in [6.45, 7) is -0.827. The Bertz CT molecular complexity index is 717. The molecular weight excluding hydrogens is 367 g/mol. The number of carbonyl (C=O) groups is 2. The minimum absolute atomic E-state index is 0.00941. The summed E-state index contributed by atoms with van der Waals surface area (Å²) in [4.78, 5) is 24.7. The molecular formula is C18H20F3NO5. The average Bonchev–Trinajstić information content (AvgIpc) is 2.64. The summed E-state index contributed by atoms with van der Waals surface area (Å²) in [5.74, 6) is -2.85. The normalized spacial score (nSPS) is 17.8. The maximum atomic E-state index is 12.8. The smallest absolute Gasteiger partial charge is 0.393 e. The van der Waals surface area contributed by atoms with E-state index in [2.05, 4.69) is 0 Å². The molecule has 1 amide bonds. The number of phenols is 1. The van der Waals surface area contributed by atoms with Gasteiger partial charge in [-0.15, -0.1) is 0 Å². The Morgan fingerprint density at radius 3 is 2.74 bits per heavy atom. The number of aromatic hydroxyl groups is 1.